The summed E-state index contributed by atoms with van der Waals surface area (Å²) in [6.07, 6.45) is 0.804. The van der Waals surface area contributed by atoms with E-state index in [4.69, 9.17) is 37.4 Å². The summed E-state index contributed by atoms with van der Waals surface area (Å²) in [5, 5.41) is 10.3. The molecule has 0 aliphatic heterocycles. The minimum Gasteiger partial charge on any atom is -0.493 e. The molecule has 0 aliphatic rings. The Morgan fingerprint density at radius 2 is 1.72 bits per heavy atom. The first kappa shape index (κ1) is 23.2. The lowest BCUT2D eigenvalue weighted by Gasteiger charge is -2.16. The highest BCUT2D eigenvalue weighted by Crippen LogP contribution is 2.31. The second-order valence-corrected chi connectivity index (χ2v) is 7.55. The molecule has 0 heterocycles. The molecule has 5 nitrogen and oxygen atoms in total. The lowest BCUT2D eigenvalue weighted by atomic mass is 10.0. The predicted octanol–water partition coefficient (Wildman–Crippen LogP) is 6.44. The lowest BCUT2D eigenvalue weighted by Crippen LogP contribution is -2.28. The van der Waals surface area contributed by atoms with Crippen molar-refractivity contribution in [1.82, 2.24) is 0 Å². The van der Waals surface area contributed by atoms with Crippen LogP contribution in [0.25, 0.3) is 11.6 Å². The van der Waals surface area contributed by atoms with Gasteiger partial charge in [-0.15, -0.1) is 0 Å². The number of ether oxygens (including phenoxy) is 3. The Labute approximate surface area is 196 Å². The first-order chi connectivity index (χ1) is 15.4. The van der Waals surface area contributed by atoms with Crippen molar-refractivity contribution in [1.29, 1.82) is 5.26 Å². The Bertz CT molecular complexity index is 1190. The number of methoxy groups -OCH3 is 1. The van der Waals surface area contributed by atoms with E-state index < -0.39 is 12.1 Å². The standard InChI is InChI=1S/C25H19Cl2NO4/c1-16(31-22-11-9-20(26)14-21(22)27)25(29)32-23-10-8-17(13-24(23)30-2)12-19(15-28)18-6-4-3-5-7-18/h3-14,16H,1-2H3/b19-12-. The SMILES string of the molecule is COc1cc(/C=C(/C#N)c2ccccc2)ccc1OC(=O)C(C)Oc1ccc(Cl)cc1Cl. The van der Waals surface area contributed by atoms with Gasteiger partial charge in [0.05, 0.1) is 23.8 Å². The van der Waals surface area contributed by atoms with Gasteiger partial charge in [0.2, 0.25) is 0 Å². The molecule has 0 spiro atoms. The number of hydrogen-bond donors (Lipinski definition) is 0. The van der Waals surface area contributed by atoms with Crippen molar-refractivity contribution in [3.63, 3.8) is 0 Å². The number of nitriles is 1. The number of carbonyl (C=O) groups excluding carboxylic acids is 1. The summed E-state index contributed by atoms with van der Waals surface area (Å²) in [6.45, 7) is 1.55. The van der Waals surface area contributed by atoms with Gasteiger partial charge in [-0.1, -0.05) is 59.6 Å². The molecule has 7 heteroatoms. The van der Waals surface area contributed by atoms with Crippen LogP contribution in [0, 0.1) is 11.3 Å². The lowest BCUT2D eigenvalue weighted by molar-refractivity contribution is -0.141. The number of carbonyl (C=O) groups is 1. The summed E-state index contributed by atoms with van der Waals surface area (Å²) in [7, 11) is 1.47. The molecule has 0 N–H and O–H groups in total. The van der Waals surface area contributed by atoms with Gasteiger partial charge < -0.3 is 14.2 Å². The van der Waals surface area contributed by atoms with Crippen molar-refractivity contribution in [2.75, 3.05) is 7.11 Å². The molecule has 3 aromatic rings. The summed E-state index contributed by atoms with van der Waals surface area (Å²) in [5.74, 6) is 0.261. The largest absolute Gasteiger partial charge is 0.493 e. The third-order valence-corrected chi connectivity index (χ3v) is 4.97. The van der Waals surface area contributed by atoms with Crippen LogP contribution < -0.4 is 14.2 Å². The predicted molar refractivity (Wildman–Crippen MR) is 125 cm³/mol. The molecule has 162 valence electrons. The third kappa shape index (κ3) is 5.82. The summed E-state index contributed by atoms with van der Waals surface area (Å²) in [4.78, 5) is 12.5. The van der Waals surface area contributed by atoms with Gasteiger partial charge >= 0.3 is 5.97 Å². The van der Waals surface area contributed by atoms with Crippen molar-refractivity contribution in [3.8, 4) is 23.3 Å². The molecule has 0 saturated carbocycles. The average molecular weight is 468 g/mol. The van der Waals surface area contributed by atoms with Gasteiger partial charge in [-0.2, -0.15) is 5.26 Å². The molecule has 1 atom stereocenters. The summed E-state index contributed by atoms with van der Waals surface area (Å²) < 4.78 is 16.4. The normalized spacial score (nSPS) is 11.9. The van der Waals surface area contributed by atoms with E-state index in [2.05, 4.69) is 6.07 Å². The summed E-state index contributed by atoms with van der Waals surface area (Å²) in [5.41, 5.74) is 2.02. The maximum absolute atomic E-state index is 12.5. The average Bonchev–Trinajstić information content (AvgIpc) is 2.80. The Morgan fingerprint density at radius 1 is 1.00 bits per heavy atom. The molecule has 1 unspecified atom stereocenters. The van der Waals surface area contributed by atoms with Crippen LogP contribution >= 0.6 is 23.2 Å². The van der Waals surface area contributed by atoms with Crippen LogP contribution in [-0.4, -0.2) is 19.2 Å². The topological polar surface area (TPSA) is 68.5 Å². The van der Waals surface area contributed by atoms with E-state index in [-0.39, 0.29) is 10.8 Å². The number of rotatable bonds is 7. The van der Waals surface area contributed by atoms with Crippen LogP contribution in [0.2, 0.25) is 10.0 Å². The Balaban J connectivity index is 1.76. The van der Waals surface area contributed by atoms with Crippen molar-refractivity contribution in [2.24, 2.45) is 0 Å². The molecule has 0 bridgehead atoms. The van der Waals surface area contributed by atoms with Crippen LogP contribution in [0.5, 0.6) is 17.2 Å². The molecular formula is C25H19Cl2NO4. The fourth-order valence-electron chi connectivity index (χ4n) is 2.82. The number of esters is 1. The molecule has 0 fully saturated rings. The fourth-order valence-corrected chi connectivity index (χ4v) is 3.28. The highest BCUT2D eigenvalue weighted by Gasteiger charge is 2.20. The highest BCUT2D eigenvalue weighted by molar-refractivity contribution is 6.35. The van der Waals surface area contributed by atoms with E-state index >= 15 is 0 Å². The van der Waals surface area contributed by atoms with E-state index in [0.717, 1.165) is 11.1 Å². The number of benzene rings is 3. The van der Waals surface area contributed by atoms with E-state index in [1.807, 2.05) is 30.3 Å². The number of nitrogens with zero attached hydrogens (tertiary/aromatic N) is 1. The highest BCUT2D eigenvalue weighted by atomic mass is 35.5. The monoisotopic (exact) mass is 467 g/mol. The van der Waals surface area contributed by atoms with E-state index in [9.17, 15) is 10.1 Å². The smallest absolute Gasteiger partial charge is 0.352 e. The summed E-state index contributed by atoms with van der Waals surface area (Å²) >= 11 is 12.0. The molecule has 0 aromatic heterocycles. The molecule has 0 aliphatic carbocycles. The van der Waals surface area contributed by atoms with E-state index in [0.29, 0.717) is 22.1 Å². The van der Waals surface area contributed by atoms with Crippen molar-refractivity contribution >= 4 is 40.8 Å². The Kier molecular flexibility index (Phi) is 7.77. The quantitative estimate of drug-likeness (QED) is 0.173. The molecule has 0 saturated heterocycles. The van der Waals surface area contributed by atoms with Gasteiger partial charge in [0.15, 0.2) is 17.6 Å². The zero-order valence-electron chi connectivity index (χ0n) is 17.3. The minimum absolute atomic E-state index is 0.227. The van der Waals surface area contributed by atoms with Crippen molar-refractivity contribution in [2.45, 2.75) is 13.0 Å². The van der Waals surface area contributed by atoms with Gasteiger partial charge in [0.1, 0.15) is 5.75 Å². The van der Waals surface area contributed by atoms with Crippen LogP contribution in [0.1, 0.15) is 18.1 Å². The Hall–Kier alpha value is -3.46. The second kappa shape index (κ2) is 10.7. The first-order valence-corrected chi connectivity index (χ1v) is 10.4. The van der Waals surface area contributed by atoms with Crippen molar-refractivity contribution < 1.29 is 19.0 Å². The number of halogens is 2. The van der Waals surface area contributed by atoms with Crippen LogP contribution in [0.3, 0.4) is 0 Å². The van der Waals surface area contributed by atoms with Crippen LogP contribution in [-0.2, 0) is 4.79 Å². The van der Waals surface area contributed by atoms with Crippen molar-refractivity contribution in [3.05, 3.63) is 87.9 Å². The summed E-state index contributed by atoms with van der Waals surface area (Å²) in [6, 6.07) is 21.3. The molecule has 32 heavy (non-hydrogen) atoms. The van der Waals surface area contributed by atoms with Gasteiger partial charge in [0.25, 0.3) is 0 Å². The van der Waals surface area contributed by atoms with E-state index in [1.165, 1.54) is 13.2 Å². The van der Waals surface area contributed by atoms with Gasteiger partial charge in [-0.05, 0) is 54.5 Å². The first-order valence-electron chi connectivity index (χ1n) is 9.60. The minimum atomic E-state index is -0.929. The molecule has 3 rings (SSSR count). The van der Waals surface area contributed by atoms with Crippen LogP contribution in [0.15, 0.2) is 66.7 Å². The van der Waals surface area contributed by atoms with Gasteiger partial charge in [-0.3, -0.25) is 0 Å². The fraction of sp³-hybridized carbons (Fsp3) is 0.120. The third-order valence-electron chi connectivity index (χ3n) is 4.44. The van der Waals surface area contributed by atoms with Crippen LogP contribution in [0.4, 0.5) is 0 Å². The van der Waals surface area contributed by atoms with Gasteiger partial charge in [0, 0.05) is 5.02 Å². The maximum atomic E-state index is 12.5. The van der Waals surface area contributed by atoms with Gasteiger partial charge in [-0.25, -0.2) is 4.79 Å². The molecular weight excluding hydrogens is 449 g/mol. The maximum Gasteiger partial charge on any atom is 0.352 e. The molecule has 0 radical (unpaired) electrons. The number of hydrogen-bond acceptors (Lipinski definition) is 5. The zero-order chi connectivity index (χ0) is 23.1. The number of allylic oxidation sites excluding steroid dienone is 1. The zero-order valence-corrected chi connectivity index (χ0v) is 18.9. The molecule has 0 amide bonds. The Morgan fingerprint density at radius 3 is 2.38 bits per heavy atom. The molecule has 3 aromatic carbocycles. The van der Waals surface area contributed by atoms with E-state index in [1.54, 1.807) is 43.3 Å². The second-order valence-electron chi connectivity index (χ2n) is 6.70.